The molecule has 0 aliphatic carbocycles. The molecule has 1 N–H and O–H groups in total. The SMILES string of the molecule is COc1cccc(-c2csc3ncc(C(=O)NCc4ccccc4OC)c(=O)n23)c1. The predicted molar refractivity (Wildman–Crippen MR) is 115 cm³/mol. The number of para-hydroxylation sites is 1. The molecule has 0 saturated heterocycles. The molecule has 0 saturated carbocycles. The van der Waals surface area contributed by atoms with Crippen molar-refractivity contribution in [2.75, 3.05) is 14.2 Å². The summed E-state index contributed by atoms with van der Waals surface area (Å²) in [5.41, 5.74) is 1.83. The molecule has 0 bridgehead atoms. The Morgan fingerprint density at radius 2 is 1.97 bits per heavy atom. The van der Waals surface area contributed by atoms with Crippen LogP contribution in [0.15, 0.2) is 64.9 Å². The number of carbonyl (C=O) groups is 1. The highest BCUT2D eigenvalue weighted by atomic mass is 32.1. The van der Waals surface area contributed by atoms with E-state index < -0.39 is 11.5 Å². The van der Waals surface area contributed by atoms with E-state index in [1.165, 1.54) is 21.9 Å². The van der Waals surface area contributed by atoms with Crippen LogP contribution in [0.5, 0.6) is 11.5 Å². The summed E-state index contributed by atoms with van der Waals surface area (Å²) < 4.78 is 12.0. The number of thiazole rings is 1. The normalized spacial score (nSPS) is 10.7. The first-order valence-corrected chi connectivity index (χ1v) is 10.0. The van der Waals surface area contributed by atoms with Gasteiger partial charge in [0.1, 0.15) is 17.1 Å². The van der Waals surface area contributed by atoms with Gasteiger partial charge >= 0.3 is 0 Å². The molecule has 0 aliphatic heterocycles. The number of benzene rings is 2. The summed E-state index contributed by atoms with van der Waals surface area (Å²) in [6.45, 7) is 0.234. The molecule has 2 aromatic carbocycles. The number of fused-ring (bicyclic) bond motifs is 1. The molecule has 152 valence electrons. The maximum absolute atomic E-state index is 13.1. The summed E-state index contributed by atoms with van der Waals surface area (Å²) in [6.07, 6.45) is 1.32. The fourth-order valence-corrected chi connectivity index (χ4v) is 4.01. The second-order valence-electron chi connectivity index (χ2n) is 6.44. The van der Waals surface area contributed by atoms with Gasteiger partial charge in [0.05, 0.1) is 19.9 Å². The van der Waals surface area contributed by atoms with Gasteiger partial charge in [-0.3, -0.25) is 14.0 Å². The zero-order valence-electron chi connectivity index (χ0n) is 16.4. The van der Waals surface area contributed by atoms with Crippen LogP contribution in [0.4, 0.5) is 0 Å². The van der Waals surface area contributed by atoms with Crippen molar-refractivity contribution in [3.8, 4) is 22.8 Å². The molecule has 2 heterocycles. The van der Waals surface area contributed by atoms with Gasteiger partial charge in [-0.25, -0.2) is 4.98 Å². The van der Waals surface area contributed by atoms with Gasteiger partial charge in [0.2, 0.25) is 0 Å². The average Bonchev–Trinajstić information content (AvgIpc) is 3.23. The van der Waals surface area contributed by atoms with Gasteiger partial charge in [-0.15, -0.1) is 11.3 Å². The third kappa shape index (κ3) is 3.65. The second-order valence-corrected chi connectivity index (χ2v) is 7.28. The van der Waals surface area contributed by atoms with Crippen LogP contribution in [0.1, 0.15) is 15.9 Å². The third-order valence-corrected chi connectivity index (χ3v) is 5.53. The molecule has 2 aromatic heterocycles. The van der Waals surface area contributed by atoms with E-state index in [2.05, 4.69) is 10.3 Å². The Balaban J connectivity index is 1.67. The van der Waals surface area contributed by atoms with Gasteiger partial charge in [0, 0.05) is 29.2 Å². The zero-order chi connectivity index (χ0) is 21.1. The lowest BCUT2D eigenvalue weighted by Crippen LogP contribution is -2.31. The maximum atomic E-state index is 13.1. The Kier molecular flexibility index (Phi) is 5.49. The predicted octanol–water partition coefficient (Wildman–Crippen LogP) is 3.37. The average molecular weight is 421 g/mol. The zero-order valence-corrected chi connectivity index (χ0v) is 17.2. The maximum Gasteiger partial charge on any atom is 0.271 e. The number of hydrogen-bond donors (Lipinski definition) is 1. The molecule has 0 unspecified atom stereocenters. The standard InChI is InChI=1S/C22H19N3O4S/c1-28-16-8-5-7-14(10-16)18-13-30-22-24-12-17(21(27)25(18)22)20(26)23-11-15-6-3-4-9-19(15)29-2/h3-10,12-13H,11H2,1-2H3,(H,23,26). The largest absolute Gasteiger partial charge is 0.497 e. The van der Waals surface area contributed by atoms with E-state index >= 15 is 0 Å². The minimum absolute atomic E-state index is 0.0232. The van der Waals surface area contributed by atoms with Crippen LogP contribution < -0.4 is 20.3 Å². The second kappa shape index (κ2) is 8.38. The van der Waals surface area contributed by atoms with Crippen molar-refractivity contribution in [3.05, 3.63) is 81.6 Å². The molecule has 4 aromatic rings. The van der Waals surface area contributed by atoms with Crippen LogP contribution in [0.2, 0.25) is 0 Å². The van der Waals surface area contributed by atoms with Gasteiger partial charge in [-0.05, 0) is 18.2 Å². The van der Waals surface area contributed by atoms with E-state index in [9.17, 15) is 9.59 Å². The lowest BCUT2D eigenvalue weighted by Gasteiger charge is -2.09. The highest BCUT2D eigenvalue weighted by molar-refractivity contribution is 7.15. The number of ether oxygens (including phenoxy) is 2. The number of amides is 1. The minimum atomic E-state index is -0.490. The third-order valence-electron chi connectivity index (χ3n) is 4.69. The Morgan fingerprint density at radius 3 is 2.77 bits per heavy atom. The molecule has 8 heteroatoms. The Hall–Kier alpha value is -3.65. The molecule has 0 radical (unpaired) electrons. The number of nitrogens with zero attached hydrogens (tertiary/aromatic N) is 2. The van der Waals surface area contributed by atoms with E-state index in [0.29, 0.717) is 22.2 Å². The number of nitrogens with one attached hydrogen (secondary N) is 1. The molecule has 30 heavy (non-hydrogen) atoms. The number of hydrogen-bond acceptors (Lipinski definition) is 6. The summed E-state index contributed by atoms with van der Waals surface area (Å²) in [4.78, 5) is 30.7. The molecule has 7 nitrogen and oxygen atoms in total. The highest BCUT2D eigenvalue weighted by Gasteiger charge is 2.17. The number of methoxy groups -OCH3 is 2. The van der Waals surface area contributed by atoms with Gasteiger partial charge in [0.15, 0.2) is 4.96 Å². The Bertz CT molecular complexity index is 1280. The topological polar surface area (TPSA) is 81.9 Å². The molecular formula is C22H19N3O4S. The summed E-state index contributed by atoms with van der Waals surface area (Å²) in [6, 6.07) is 14.8. The number of rotatable bonds is 6. The summed E-state index contributed by atoms with van der Waals surface area (Å²) >= 11 is 1.33. The molecule has 0 atom stereocenters. The van der Waals surface area contributed by atoms with Gasteiger partial charge in [-0.2, -0.15) is 0 Å². The first kappa shape index (κ1) is 19.7. The quantitative estimate of drug-likeness (QED) is 0.516. The van der Waals surface area contributed by atoms with Crippen molar-refractivity contribution >= 4 is 22.2 Å². The molecular weight excluding hydrogens is 402 g/mol. The van der Waals surface area contributed by atoms with Gasteiger partial charge in [-0.1, -0.05) is 30.3 Å². The van der Waals surface area contributed by atoms with E-state index in [4.69, 9.17) is 9.47 Å². The van der Waals surface area contributed by atoms with Crippen LogP contribution in [-0.4, -0.2) is 29.5 Å². The Morgan fingerprint density at radius 1 is 1.13 bits per heavy atom. The fraction of sp³-hybridized carbons (Fsp3) is 0.136. The van der Waals surface area contributed by atoms with Crippen molar-refractivity contribution in [1.82, 2.24) is 14.7 Å². The number of carbonyl (C=O) groups excluding carboxylic acids is 1. The van der Waals surface area contributed by atoms with Crippen LogP contribution >= 0.6 is 11.3 Å². The molecule has 4 rings (SSSR count). The van der Waals surface area contributed by atoms with Crippen LogP contribution in [-0.2, 0) is 6.54 Å². The fourth-order valence-electron chi connectivity index (χ4n) is 3.15. The van der Waals surface area contributed by atoms with E-state index in [1.54, 1.807) is 14.2 Å². The van der Waals surface area contributed by atoms with Crippen molar-refractivity contribution in [2.24, 2.45) is 0 Å². The Labute approximate surface area is 176 Å². The monoisotopic (exact) mass is 421 g/mol. The van der Waals surface area contributed by atoms with Crippen molar-refractivity contribution in [1.29, 1.82) is 0 Å². The van der Waals surface area contributed by atoms with Crippen LogP contribution in [0.25, 0.3) is 16.2 Å². The van der Waals surface area contributed by atoms with Crippen molar-refractivity contribution in [2.45, 2.75) is 6.54 Å². The summed E-state index contributed by atoms with van der Waals surface area (Å²) in [5.74, 6) is 0.857. The summed E-state index contributed by atoms with van der Waals surface area (Å²) in [5, 5.41) is 4.62. The van der Waals surface area contributed by atoms with E-state index in [-0.39, 0.29) is 12.1 Å². The summed E-state index contributed by atoms with van der Waals surface area (Å²) in [7, 11) is 3.16. The van der Waals surface area contributed by atoms with E-state index in [1.807, 2.05) is 53.9 Å². The van der Waals surface area contributed by atoms with Crippen LogP contribution in [0, 0.1) is 0 Å². The minimum Gasteiger partial charge on any atom is -0.497 e. The lowest BCUT2D eigenvalue weighted by atomic mass is 10.1. The highest BCUT2D eigenvalue weighted by Crippen LogP contribution is 2.27. The van der Waals surface area contributed by atoms with Crippen LogP contribution in [0.3, 0.4) is 0 Å². The van der Waals surface area contributed by atoms with E-state index in [0.717, 1.165) is 11.1 Å². The molecule has 0 fully saturated rings. The first-order valence-electron chi connectivity index (χ1n) is 9.16. The first-order chi connectivity index (χ1) is 14.6. The van der Waals surface area contributed by atoms with Crippen molar-refractivity contribution in [3.63, 3.8) is 0 Å². The number of aromatic nitrogens is 2. The molecule has 0 aliphatic rings. The van der Waals surface area contributed by atoms with Gasteiger partial charge in [0.25, 0.3) is 11.5 Å². The lowest BCUT2D eigenvalue weighted by molar-refractivity contribution is 0.0948. The van der Waals surface area contributed by atoms with Crippen molar-refractivity contribution < 1.29 is 14.3 Å². The van der Waals surface area contributed by atoms with Gasteiger partial charge < -0.3 is 14.8 Å². The molecule has 1 amide bonds. The molecule has 0 spiro atoms. The smallest absolute Gasteiger partial charge is 0.271 e.